The van der Waals surface area contributed by atoms with Crippen molar-refractivity contribution >= 4 is 11.9 Å². The molecule has 0 aliphatic rings. The third kappa shape index (κ3) is 6.69. The van der Waals surface area contributed by atoms with Gasteiger partial charge in [-0.05, 0) is 12.1 Å². The van der Waals surface area contributed by atoms with Crippen molar-refractivity contribution in [1.29, 1.82) is 0 Å². The van der Waals surface area contributed by atoms with Crippen LogP contribution in [0.25, 0.3) is 0 Å². The number of benzene rings is 1. The summed E-state index contributed by atoms with van der Waals surface area (Å²) in [5.41, 5.74) is 0.393. The predicted molar refractivity (Wildman–Crippen MR) is 49.4 cm³/mol. The molecule has 5 heteroatoms. The number of carbonyl (C=O) groups is 2. The molecule has 0 radical (unpaired) electrons. The Morgan fingerprint density at radius 1 is 1.27 bits per heavy atom. The monoisotopic (exact) mass is 226 g/mol. The van der Waals surface area contributed by atoms with Crippen molar-refractivity contribution < 1.29 is 87.4 Å². The van der Waals surface area contributed by atoms with Crippen LogP contribution < -0.4 is 70.2 Å². The SMILES string of the molecule is CCC(=O)OC(=O)c1ccccc1.[H-].[H-].[K+].[Li+]. The molecule has 0 heterocycles. The molecule has 0 aromatic heterocycles. The summed E-state index contributed by atoms with van der Waals surface area (Å²) in [7, 11) is 0. The number of ether oxygens (including phenoxy) is 1. The van der Waals surface area contributed by atoms with Gasteiger partial charge in [0.1, 0.15) is 0 Å². The van der Waals surface area contributed by atoms with Crippen LogP contribution in [0.3, 0.4) is 0 Å². The third-order valence-corrected chi connectivity index (χ3v) is 1.50. The Hall–Kier alpha value is 0.594. The van der Waals surface area contributed by atoms with E-state index in [0.29, 0.717) is 5.56 Å². The van der Waals surface area contributed by atoms with Crippen LogP contribution in [-0.2, 0) is 9.53 Å². The zero-order chi connectivity index (χ0) is 9.68. The van der Waals surface area contributed by atoms with Crippen molar-refractivity contribution in [1.82, 2.24) is 0 Å². The van der Waals surface area contributed by atoms with Gasteiger partial charge in [0.2, 0.25) is 0 Å². The van der Waals surface area contributed by atoms with Crippen LogP contribution in [0, 0.1) is 0 Å². The maximum absolute atomic E-state index is 11.2. The maximum atomic E-state index is 11.2. The van der Waals surface area contributed by atoms with Gasteiger partial charge in [-0.1, -0.05) is 25.1 Å². The van der Waals surface area contributed by atoms with Crippen LogP contribution in [0.1, 0.15) is 26.6 Å². The van der Waals surface area contributed by atoms with Crippen molar-refractivity contribution in [3.8, 4) is 0 Å². The van der Waals surface area contributed by atoms with Crippen LogP contribution >= 0.6 is 0 Å². The topological polar surface area (TPSA) is 43.4 Å². The molecule has 1 aromatic carbocycles. The second-order valence-corrected chi connectivity index (χ2v) is 2.48. The first-order chi connectivity index (χ1) is 6.24. The van der Waals surface area contributed by atoms with Crippen LogP contribution in [0.5, 0.6) is 0 Å². The van der Waals surface area contributed by atoms with E-state index in [4.69, 9.17) is 0 Å². The van der Waals surface area contributed by atoms with Crippen molar-refractivity contribution in [2.75, 3.05) is 0 Å². The van der Waals surface area contributed by atoms with Crippen LogP contribution in [0.2, 0.25) is 0 Å². The molecule has 0 N–H and O–H groups in total. The molecule has 1 aromatic rings. The number of carbonyl (C=O) groups excluding carboxylic acids is 2. The van der Waals surface area contributed by atoms with Crippen LogP contribution in [-0.4, -0.2) is 11.9 Å². The molecule has 0 spiro atoms. The normalized spacial score (nSPS) is 8.07. The predicted octanol–water partition coefficient (Wildman–Crippen LogP) is -3.99. The van der Waals surface area contributed by atoms with E-state index in [1.807, 2.05) is 0 Å². The first kappa shape index (κ1) is 18.0. The summed E-state index contributed by atoms with van der Waals surface area (Å²) >= 11 is 0. The second-order valence-electron chi connectivity index (χ2n) is 2.48. The molecule has 3 nitrogen and oxygen atoms in total. The first-order valence-electron chi connectivity index (χ1n) is 4.04. The summed E-state index contributed by atoms with van der Waals surface area (Å²) in [6.45, 7) is 1.64. The Bertz CT molecular complexity index is 323. The van der Waals surface area contributed by atoms with Gasteiger partial charge in [-0.15, -0.1) is 0 Å². The molecule has 0 fully saturated rings. The average Bonchev–Trinajstić information content (AvgIpc) is 2.19. The first-order valence-corrected chi connectivity index (χ1v) is 4.04. The zero-order valence-electron chi connectivity index (χ0n) is 11.3. The van der Waals surface area contributed by atoms with Crippen molar-refractivity contribution in [3.63, 3.8) is 0 Å². The van der Waals surface area contributed by atoms with Gasteiger partial charge >= 0.3 is 82.2 Å². The number of hydrogen-bond acceptors (Lipinski definition) is 3. The fraction of sp³-hybridized carbons (Fsp3) is 0.200. The minimum Gasteiger partial charge on any atom is -1.00 e. The van der Waals surface area contributed by atoms with E-state index in [1.54, 1.807) is 37.3 Å². The Morgan fingerprint density at radius 3 is 2.27 bits per heavy atom. The molecular formula is C10H12KLiO3. The smallest absolute Gasteiger partial charge is 1.00 e. The number of hydrogen-bond donors (Lipinski definition) is 0. The van der Waals surface area contributed by atoms with Gasteiger partial charge in [0.25, 0.3) is 0 Å². The molecular weight excluding hydrogens is 214 g/mol. The summed E-state index contributed by atoms with van der Waals surface area (Å²) < 4.78 is 4.51. The number of esters is 2. The van der Waals surface area contributed by atoms with E-state index in [-0.39, 0.29) is 79.5 Å². The third-order valence-electron chi connectivity index (χ3n) is 1.50. The van der Waals surface area contributed by atoms with Gasteiger partial charge in [0.05, 0.1) is 5.56 Å². The fourth-order valence-corrected chi connectivity index (χ4v) is 0.809. The molecule has 72 valence electrons. The van der Waals surface area contributed by atoms with Gasteiger partial charge in [-0.25, -0.2) is 4.79 Å². The summed E-state index contributed by atoms with van der Waals surface area (Å²) in [4.78, 5) is 21.9. The summed E-state index contributed by atoms with van der Waals surface area (Å²) in [6.07, 6.45) is 0.207. The van der Waals surface area contributed by atoms with Crippen molar-refractivity contribution in [2.24, 2.45) is 0 Å². The Labute approximate surface area is 147 Å². The van der Waals surface area contributed by atoms with E-state index in [0.717, 1.165) is 0 Å². The van der Waals surface area contributed by atoms with Crippen molar-refractivity contribution in [2.45, 2.75) is 13.3 Å². The molecule has 1 rings (SSSR count). The second kappa shape index (κ2) is 9.79. The minimum atomic E-state index is -0.590. The Balaban J connectivity index is -0.000000211. The Kier molecular flexibility index (Phi) is 11.7. The molecule has 0 aliphatic heterocycles. The quantitative estimate of drug-likeness (QED) is 0.293. The summed E-state index contributed by atoms with van der Waals surface area (Å²) in [5, 5.41) is 0. The van der Waals surface area contributed by atoms with E-state index in [9.17, 15) is 9.59 Å². The molecule has 0 unspecified atom stereocenters. The average molecular weight is 226 g/mol. The summed E-state index contributed by atoms with van der Waals surface area (Å²) in [5.74, 6) is -1.10. The number of rotatable bonds is 2. The largest absolute Gasteiger partial charge is 1.00 e. The molecule has 15 heavy (non-hydrogen) atoms. The minimum absolute atomic E-state index is 0. The van der Waals surface area contributed by atoms with E-state index < -0.39 is 11.9 Å². The molecule has 0 saturated heterocycles. The molecule has 0 bridgehead atoms. The van der Waals surface area contributed by atoms with E-state index in [2.05, 4.69) is 4.74 Å². The van der Waals surface area contributed by atoms with E-state index in [1.165, 1.54) is 0 Å². The van der Waals surface area contributed by atoms with Crippen molar-refractivity contribution in [3.05, 3.63) is 35.9 Å². The van der Waals surface area contributed by atoms with E-state index >= 15 is 0 Å². The summed E-state index contributed by atoms with van der Waals surface area (Å²) in [6, 6.07) is 8.43. The Morgan fingerprint density at radius 2 is 1.80 bits per heavy atom. The van der Waals surface area contributed by atoms with Crippen LogP contribution in [0.15, 0.2) is 30.3 Å². The van der Waals surface area contributed by atoms with Gasteiger partial charge in [-0.3, -0.25) is 4.79 Å². The van der Waals surface area contributed by atoms with Gasteiger partial charge < -0.3 is 7.59 Å². The molecule has 0 aliphatic carbocycles. The molecule has 0 atom stereocenters. The van der Waals surface area contributed by atoms with Crippen LogP contribution in [0.4, 0.5) is 0 Å². The zero-order valence-corrected chi connectivity index (χ0v) is 12.4. The van der Waals surface area contributed by atoms with Gasteiger partial charge in [0, 0.05) is 6.42 Å². The maximum Gasteiger partial charge on any atom is 1.00 e. The van der Waals surface area contributed by atoms with Gasteiger partial charge in [-0.2, -0.15) is 0 Å². The molecule has 0 saturated carbocycles. The standard InChI is InChI=1S/C10H10O3.K.Li.2H/c1-2-9(11)13-10(12)8-6-4-3-5-7-8;;;;/h3-7H,2H2,1H3;;;;/q;2*+1;2*-1. The fourth-order valence-electron chi connectivity index (χ4n) is 0.809. The van der Waals surface area contributed by atoms with Gasteiger partial charge in [0.15, 0.2) is 0 Å². The molecule has 0 amide bonds.